The van der Waals surface area contributed by atoms with Crippen molar-refractivity contribution in [1.29, 1.82) is 0 Å². The van der Waals surface area contributed by atoms with Gasteiger partial charge in [0.25, 0.3) is 0 Å². The summed E-state index contributed by atoms with van der Waals surface area (Å²) in [5.74, 6) is 0. The van der Waals surface area contributed by atoms with E-state index in [-0.39, 0.29) is 0 Å². The molecule has 0 radical (unpaired) electrons. The van der Waals surface area contributed by atoms with Crippen molar-refractivity contribution in [2.45, 2.75) is 0 Å². The van der Waals surface area contributed by atoms with Crippen LogP contribution in [0, 0.1) is 0 Å². The molecular weight excluding hydrogens is 743 g/mol. The summed E-state index contributed by atoms with van der Waals surface area (Å²) in [6, 6.07) is 79.7. The maximum absolute atomic E-state index is 6.84. The summed E-state index contributed by atoms with van der Waals surface area (Å²) in [7, 11) is 0. The first-order chi connectivity index (χ1) is 30.2. The molecule has 0 saturated carbocycles. The summed E-state index contributed by atoms with van der Waals surface area (Å²) in [5, 5.41) is 6.63. The number of nitrogens with zero attached hydrogens (tertiary/aromatic N) is 1. The average Bonchev–Trinajstić information content (AvgIpc) is 3.91. The molecule has 0 aliphatic heterocycles. The zero-order valence-electron chi connectivity index (χ0n) is 33.1. The van der Waals surface area contributed by atoms with E-state index in [0.29, 0.717) is 0 Å². The van der Waals surface area contributed by atoms with Crippen molar-refractivity contribution in [3.8, 4) is 44.5 Å². The minimum absolute atomic E-state index is 0.855. The third-order valence-corrected chi connectivity index (χ3v) is 12.1. The summed E-state index contributed by atoms with van der Waals surface area (Å²) in [5.41, 5.74) is 15.9. The summed E-state index contributed by atoms with van der Waals surface area (Å²) >= 11 is 0. The lowest BCUT2D eigenvalue weighted by Crippen LogP contribution is -2.10. The first-order valence-electron chi connectivity index (χ1n) is 20.7. The molecule has 2 aromatic heterocycles. The highest BCUT2D eigenvalue weighted by molar-refractivity contribution is 6.20. The number of anilines is 3. The maximum Gasteiger partial charge on any atom is 0.159 e. The van der Waals surface area contributed by atoms with Gasteiger partial charge in [-0.15, -0.1) is 0 Å². The molecule has 2 heterocycles. The highest BCUT2D eigenvalue weighted by atomic mass is 16.3. The van der Waals surface area contributed by atoms with Gasteiger partial charge in [0.2, 0.25) is 0 Å². The molecule has 12 rings (SSSR count). The minimum Gasteiger partial charge on any atom is -0.455 e. The molecule has 0 aliphatic rings. The minimum atomic E-state index is 0.855. The number of rotatable bonds is 7. The second-order valence-corrected chi connectivity index (χ2v) is 15.6. The quantitative estimate of drug-likeness (QED) is 0.161. The van der Waals surface area contributed by atoms with Crippen molar-refractivity contribution in [1.82, 2.24) is 0 Å². The molecule has 0 unspecified atom stereocenters. The molecule has 61 heavy (non-hydrogen) atoms. The maximum atomic E-state index is 6.84. The Kier molecular flexibility index (Phi) is 8.17. The van der Waals surface area contributed by atoms with Crippen LogP contribution in [0.25, 0.3) is 99.2 Å². The molecule has 0 amide bonds. The third kappa shape index (κ3) is 5.90. The van der Waals surface area contributed by atoms with E-state index in [0.717, 1.165) is 94.0 Å². The number of hydrogen-bond acceptors (Lipinski definition) is 3. The van der Waals surface area contributed by atoms with Gasteiger partial charge in [-0.1, -0.05) is 170 Å². The molecule has 3 heteroatoms. The molecule has 0 aliphatic carbocycles. The van der Waals surface area contributed by atoms with Gasteiger partial charge in [-0.3, -0.25) is 0 Å². The lowest BCUT2D eigenvalue weighted by Gasteiger charge is -2.26. The van der Waals surface area contributed by atoms with Crippen molar-refractivity contribution < 1.29 is 8.83 Å². The van der Waals surface area contributed by atoms with Gasteiger partial charge >= 0.3 is 0 Å². The molecule has 3 nitrogen and oxygen atoms in total. The predicted octanol–water partition coefficient (Wildman–Crippen LogP) is 16.8. The van der Waals surface area contributed by atoms with E-state index in [9.17, 15) is 0 Å². The van der Waals surface area contributed by atoms with Gasteiger partial charge in [-0.2, -0.15) is 0 Å². The number of para-hydroxylation sites is 2. The topological polar surface area (TPSA) is 29.5 Å². The Balaban J connectivity index is 1.02. The Morgan fingerprint density at radius 1 is 0.262 bits per heavy atom. The molecule has 12 aromatic rings. The van der Waals surface area contributed by atoms with E-state index in [1.807, 2.05) is 12.1 Å². The second-order valence-electron chi connectivity index (χ2n) is 15.6. The van der Waals surface area contributed by atoms with Crippen LogP contribution in [0.5, 0.6) is 0 Å². The Morgan fingerprint density at radius 2 is 0.721 bits per heavy atom. The molecule has 0 N–H and O–H groups in total. The van der Waals surface area contributed by atoms with Crippen LogP contribution in [0.15, 0.2) is 233 Å². The lowest BCUT2D eigenvalue weighted by atomic mass is 9.91. The van der Waals surface area contributed by atoms with Gasteiger partial charge in [0.1, 0.15) is 16.7 Å². The van der Waals surface area contributed by atoms with Crippen molar-refractivity contribution in [2.75, 3.05) is 4.90 Å². The highest BCUT2D eigenvalue weighted by Crippen LogP contribution is 2.46. The van der Waals surface area contributed by atoms with Crippen molar-refractivity contribution >= 4 is 71.7 Å². The molecule has 286 valence electrons. The molecule has 0 bridgehead atoms. The average molecular weight is 780 g/mol. The van der Waals surface area contributed by atoms with Crippen molar-refractivity contribution in [2.24, 2.45) is 0 Å². The van der Waals surface area contributed by atoms with Gasteiger partial charge in [0.15, 0.2) is 5.58 Å². The number of benzene rings is 10. The Bertz CT molecular complexity index is 3550. The van der Waals surface area contributed by atoms with Crippen LogP contribution >= 0.6 is 0 Å². The Labute approximate surface area is 353 Å². The summed E-state index contributed by atoms with van der Waals surface area (Å²) in [6.45, 7) is 0. The molecule has 0 spiro atoms. The monoisotopic (exact) mass is 779 g/mol. The molecule has 0 fully saturated rings. The second kappa shape index (κ2) is 14.3. The van der Waals surface area contributed by atoms with Gasteiger partial charge < -0.3 is 13.7 Å². The zero-order valence-corrected chi connectivity index (χ0v) is 33.1. The molecule has 0 saturated heterocycles. The third-order valence-electron chi connectivity index (χ3n) is 12.1. The molecular formula is C58H37NO2. The number of hydrogen-bond donors (Lipinski definition) is 0. The zero-order chi connectivity index (χ0) is 40.3. The Hall–Kier alpha value is -8.14. The van der Waals surface area contributed by atoms with E-state index < -0.39 is 0 Å². The SMILES string of the molecule is c1ccc(-c2ccc(N(c3ccc(-c4cc5c6cc(-c7ccccc7)c(-c7ccccc7)cc6oc5c5ccccc45)cc3)c3cccc4c3oc3ccccc34)cc2)cc1. The fourth-order valence-electron chi connectivity index (χ4n) is 9.15. The fraction of sp³-hybridized carbons (Fsp3) is 0. The Morgan fingerprint density at radius 3 is 1.39 bits per heavy atom. The van der Waals surface area contributed by atoms with Gasteiger partial charge in [-0.05, 0) is 104 Å². The van der Waals surface area contributed by atoms with E-state index in [1.54, 1.807) is 0 Å². The van der Waals surface area contributed by atoms with Crippen LogP contribution in [0.4, 0.5) is 17.1 Å². The van der Waals surface area contributed by atoms with Crippen molar-refractivity contribution in [3.05, 3.63) is 224 Å². The normalized spacial score (nSPS) is 11.6. The van der Waals surface area contributed by atoms with E-state index in [2.05, 4.69) is 217 Å². The molecule has 10 aromatic carbocycles. The van der Waals surface area contributed by atoms with Gasteiger partial charge in [-0.25, -0.2) is 0 Å². The van der Waals surface area contributed by atoms with E-state index in [1.165, 1.54) is 22.3 Å². The van der Waals surface area contributed by atoms with Crippen LogP contribution < -0.4 is 4.90 Å². The van der Waals surface area contributed by atoms with Crippen molar-refractivity contribution in [3.63, 3.8) is 0 Å². The van der Waals surface area contributed by atoms with Gasteiger partial charge in [0.05, 0.1) is 5.69 Å². The number of fused-ring (bicyclic) bond motifs is 8. The molecule has 0 atom stereocenters. The highest BCUT2D eigenvalue weighted by Gasteiger charge is 2.21. The summed E-state index contributed by atoms with van der Waals surface area (Å²) < 4.78 is 13.5. The van der Waals surface area contributed by atoms with E-state index in [4.69, 9.17) is 8.83 Å². The fourth-order valence-corrected chi connectivity index (χ4v) is 9.15. The summed E-state index contributed by atoms with van der Waals surface area (Å²) in [4.78, 5) is 2.31. The van der Waals surface area contributed by atoms with Crippen LogP contribution in [0.1, 0.15) is 0 Å². The standard InChI is InChI=1S/C58H37NO2/c1-4-15-38(16-5-1)39-27-31-43(32-28-39)59(54-25-14-24-48-46-22-12-13-26-55(46)60-58(48)54)44-33-29-42(30-34-44)49-36-53-52-35-50(40-17-6-2-7-18-40)51(41-19-8-3-9-20-41)37-56(52)61-57(53)47-23-11-10-21-45(47)49/h1-37H. The van der Waals surface area contributed by atoms with Crippen LogP contribution in [0.2, 0.25) is 0 Å². The smallest absolute Gasteiger partial charge is 0.159 e. The first kappa shape index (κ1) is 34.9. The van der Waals surface area contributed by atoms with Crippen LogP contribution in [0.3, 0.4) is 0 Å². The lowest BCUT2D eigenvalue weighted by molar-refractivity contribution is 0.669. The van der Waals surface area contributed by atoms with Crippen LogP contribution in [-0.4, -0.2) is 0 Å². The first-order valence-corrected chi connectivity index (χ1v) is 20.7. The predicted molar refractivity (Wildman–Crippen MR) is 255 cm³/mol. The summed E-state index contributed by atoms with van der Waals surface area (Å²) in [6.07, 6.45) is 0. The van der Waals surface area contributed by atoms with Crippen LogP contribution in [-0.2, 0) is 0 Å². The largest absolute Gasteiger partial charge is 0.455 e. The van der Waals surface area contributed by atoms with E-state index >= 15 is 0 Å². The van der Waals surface area contributed by atoms with Gasteiger partial charge in [0, 0.05) is 38.3 Å². The number of furan rings is 2.